The summed E-state index contributed by atoms with van der Waals surface area (Å²) in [6.45, 7) is 3.04. The second-order valence-electron chi connectivity index (χ2n) is 5.75. The van der Waals surface area contributed by atoms with Crippen LogP contribution in [-0.2, 0) is 0 Å². The number of benzene rings is 1. The molecule has 0 aliphatic carbocycles. The van der Waals surface area contributed by atoms with Crippen LogP contribution in [0.1, 0.15) is 29.6 Å². The number of piperidine rings is 1. The molecule has 1 aromatic rings. The fourth-order valence-corrected chi connectivity index (χ4v) is 2.56. The number of carbonyl (C=O) groups excluding carboxylic acids is 1. The van der Waals surface area contributed by atoms with Gasteiger partial charge in [-0.3, -0.25) is 4.79 Å². The molecular weight excluding hydrogens is 325 g/mol. The van der Waals surface area contributed by atoms with Gasteiger partial charge in [0.25, 0.3) is 5.91 Å². The largest absolute Gasteiger partial charge is 0.573 e. The summed E-state index contributed by atoms with van der Waals surface area (Å²) in [7, 11) is 0. The summed E-state index contributed by atoms with van der Waals surface area (Å²) in [4.78, 5) is 14.2. The number of halogens is 3. The van der Waals surface area contributed by atoms with Crippen LogP contribution in [-0.4, -0.2) is 54.6 Å². The molecule has 5 nitrogen and oxygen atoms in total. The van der Waals surface area contributed by atoms with E-state index in [1.54, 1.807) is 0 Å². The average molecular weight is 346 g/mol. The topological polar surface area (TPSA) is 61.8 Å². The predicted molar refractivity (Wildman–Crippen MR) is 81.8 cm³/mol. The van der Waals surface area contributed by atoms with E-state index in [2.05, 4.69) is 15.0 Å². The lowest BCUT2D eigenvalue weighted by atomic mass is 10.1. The van der Waals surface area contributed by atoms with Crippen molar-refractivity contribution in [3.05, 3.63) is 29.8 Å². The number of carbonyl (C=O) groups is 1. The molecule has 0 atom stereocenters. The molecule has 0 unspecified atom stereocenters. The standard InChI is InChI=1S/C16H21F3N2O3/c17-16(18,19)24-14-4-2-12(3-5-14)15(23)20-8-1-9-21-10-6-13(22)7-11-21/h2-5,13,22H,1,6-11H2,(H,20,23). The van der Waals surface area contributed by atoms with Gasteiger partial charge in [0, 0.05) is 25.2 Å². The highest BCUT2D eigenvalue weighted by Crippen LogP contribution is 2.22. The summed E-state index contributed by atoms with van der Waals surface area (Å²) in [6.07, 6.45) is -2.62. The fraction of sp³-hybridized carbons (Fsp3) is 0.562. The van der Waals surface area contributed by atoms with Gasteiger partial charge in [-0.25, -0.2) is 0 Å². The Hall–Kier alpha value is -1.80. The third-order valence-electron chi connectivity index (χ3n) is 3.84. The molecule has 1 heterocycles. The van der Waals surface area contributed by atoms with Crippen molar-refractivity contribution in [2.75, 3.05) is 26.2 Å². The molecule has 0 radical (unpaired) electrons. The third kappa shape index (κ3) is 6.37. The van der Waals surface area contributed by atoms with Crippen molar-refractivity contribution >= 4 is 5.91 Å². The number of aliphatic hydroxyl groups excluding tert-OH is 1. The number of ether oxygens (including phenoxy) is 1. The van der Waals surface area contributed by atoms with Gasteiger partial charge >= 0.3 is 6.36 Å². The Morgan fingerprint density at radius 1 is 1.25 bits per heavy atom. The van der Waals surface area contributed by atoms with E-state index in [-0.39, 0.29) is 23.3 Å². The van der Waals surface area contributed by atoms with Crippen LogP contribution < -0.4 is 10.1 Å². The first kappa shape index (κ1) is 18.5. The lowest BCUT2D eigenvalue weighted by molar-refractivity contribution is -0.274. The van der Waals surface area contributed by atoms with E-state index in [1.807, 2.05) is 0 Å². The van der Waals surface area contributed by atoms with Crippen LogP contribution in [0.4, 0.5) is 13.2 Å². The van der Waals surface area contributed by atoms with Gasteiger partial charge < -0.3 is 20.1 Å². The number of nitrogens with zero attached hydrogens (tertiary/aromatic N) is 1. The zero-order valence-corrected chi connectivity index (χ0v) is 13.2. The maximum absolute atomic E-state index is 12.1. The number of nitrogens with one attached hydrogen (secondary N) is 1. The minimum absolute atomic E-state index is 0.203. The van der Waals surface area contributed by atoms with Crippen molar-refractivity contribution in [3.63, 3.8) is 0 Å². The molecule has 0 spiro atoms. The van der Waals surface area contributed by atoms with Crippen molar-refractivity contribution in [1.82, 2.24) is 10.2 Å². The van der Waals surface area contributed by atoms with Gasteiger partial charge in [0.05, 0.1) is 6.10 Å². The van der Waals surface area contributed by atoms with Crippen LogP contribution >= 0.6 is 0 Å². The Morgan fingerprint density at radius 2 is 1.88 bits per heavy atom. The maximum atomic E-state index is 12.1. The average Bonchev–Trinajstić information content (AvgIpc) is 2.52. The van der Waals surface area contributed by atoms with Gasteiger partial charge in [0.1, 0.15) is 5.75 Å². The van der Waals surface area contributed by atoms with Crippen LogP contribution in [0.2, 0.25) is 0 Å². The number of amides is 1. The monoisotopic (exact) mass is 346 g/mol. The molecule has 1 aliphatic heterocycles. The Balaban J connectivity index is 1.68. The van der Waals surface area contributed by atoms with E-state index in [1.165, 1.54) is 12.1 Å². The van der Waals surface area contributed by atoms with E-state index in [0.717, 1.165) is 51.0 Å². The molecule has 8 heteroatoms. The Labute approximate surface area is 138 Å². The Bertz CT molecular complexity index is 526. The number of alkyl halides is 3. The zero-order valence-electron chi connectivity index (χ0n) is 13.2. The summed E-state index contributed by atoms with van der Waals surface area (Å²) in [5.41, 5.74) is 0.283. The second kappa shape index (κ2) is 8.34. The van der Waals surface area contributed by atoms with Gasteiger partial charge in [0.15, 0.2) is 0 Å². The van der Waals surface area contributed by atoms with E-state index >= 15 is 0 Å². The van der Waals surface area contributed by atoms with Crippen LogP contribution in [0.15, 0.2) is 24.3 Å². The highest BCUT2D eigenvalue weighted by atomic mass is 19.4. The summed E-state index contributed by atoms with van der Waals surface area (Å²) in [5.74, 6) is -0.686. The van der Waals surface area contributed by atoms with Gasteiger partial charge in [0.2, 0.25) is 0 Å². The molecule has 2 N–H and O–H groups in total. The minimum atomic E-state index is -4.74. The smallest absolute Gasteiger partial charge is 0.406 e. The van der Waals surface area contributed by atoms with Crippen molar-refractivity contribution in [1.29, 1.82) is 0 Å². The maximum Gasteiger partial charge on any atom is 0.573 e. The molecule has 2 rings (SSSR count). The third-order valence-corrected chi connectivity index (χ3v) is 3.84. The van der Waals surface area contributed by atoms with E-state index < -0.39 is 6.36 Å². The Morgan fingerprint density at radius 3 is 2.46 bits per heavy atom. The van der Waals surface area contributed by atoms with Gasteiger partial charge in [-0.1, -0.05) is 0 Å². The number of rotatable bonds is 6. The van der Waals surface area contributed by atoms with Crippen LogP contribution in [0.5, 0.6) is 5.75 Å². The van der Waals surface area contributed by atoms with Crippen molar-refractivity contribution in [2.24, 2.45) is 0 Å². The summed E-state index contributed by atoms with van der Waals surface area (Å²) < 4.78 is 39.9. The van der Waals surface area contributed by atoms with Crippen LogP contribution in [0.25, 0.3) is 0 Å². The van der Waals surface area contributed by atoms with Gasteiger partial charge in [-0.15, -0.1) is 13.2 Å². The lowest BCUT2D eigenvalue weighted by Gasteiger charge is -2.29. The van der Waals surface area contributed by atoms with Crippen LogP contribution in [0.3, 0.4) is 0 Å². The summed E-state index contributed by atoms with van der Waals surface area (Å²) in [5, 5.41) is 12.2. The first-order valence-corrected chi connectivity index (χ1v) is 7.88. The predicted octanol–water partition coefficient (Wildman–Crippen LogP) is 2.16. The molecule has 1 fully saturated rings. The number of likely N-dealkylation sites (tertiary alicyclic amines) is 1. The Kier molecular flexibility index (Phi) is 6.44. The van der Waals surface area contributed by atoms with Crippen molar-refractivity contribution < 1.29 is 27.8 Å². The summed E-state index contributed by atoms with van der Waals surface area (Å²) >= 11 is 0. The zero-order chi connectivity index (χ0) is 17.6. The van der Waals surface area contributed by atoms with E-state index in [9.17, 15) is 23.1 Å². The molecule has 134 valence electrons. The highest BCUT2D eigenvalue weighted by molar-refractivity contribution is 5.94. The number of hydrogen-bond acceptors (Lipinski definition) is 4. The highest BCUT2D eigenvalue weighted by Gasteiger charge is 2.31. The van der Waals surface area contributed by atoms with Gasteiger partial charge in [-0.05, 0) is 50.1 Å². The van der Waals surface area contributed by atoms with Gasteiger partial charge in [-0.2, -0.15) is 0 Å². The molecule has 1 saturated heterocycles. The first-order chi connectivity index (χ1) is 11.3. The summed E-state index contributed by atoms with van der Waals surface area (Å²) in [6, 6.07) is 4.81. The molecule has 1 aromatic carbocycles. The number of aliphatic hydroxyl groups is 1. The SMILES string of the molecule is O=C(NCCCN1CCC(O)CC1)c1ccc(OC(F)(F)F)cc1. The van der Waals surface area contributed by atoms with E-state index in [4.69, 9.17) is 0 Å². The molecule has 24 heavy (non-hydrogen) atoms. The van der Waals surface area contributed by atoms with E-state index in [0.29, 0.717) is 6.54 Å². The van der Waals surface area contributed by atoms with Crippen LogP contribution in [0, 0.1) is 0 Å². The molecule has 0 bridgehead atoms. The fourth-order valence-electron chi connectivity index (χ4n) is 2.56. The minimum Gasteiger partial charge on any atom is -0.406 e. The lowest BCUT2D eigenvalue weighted by Crippen LogP contribution is -2.37. The van der Waals surface area contributed by atoms with Crippen molar-refractivity contribution in [3.8, 4) is 5.75 Å². The molecular formula is C16H21F3N2O3. The molecule has 0 aromatic heterocycles. The molecule has 0 saturated carbocycles. The number of hydrogen-bond donors (Lipinski definition) is 2. The quantitative estimate of drug-likeness (QED) is 0.775. The molecule has 1 aliphatic rings. The first-order valence-electron chi connectivity index (χ1n) is 7.88. The normalized spacial score (nSPS) is 16.8. The van der Waals surface area contributed by atoms with Crippen molar-refractivity contribution in [2.45, 2.75) is 31.7 Å². The molecule has 1 amide bonds. The second-order valence-corrected chi connectivity index (χ2v) is 5.75.